The SMILES string of the molecule is CC[NH+](CC)CC[C@@H](c1ccccc1)C1CCCCC1. The summed E-state index contributed by atoms with van der Waals surface area (Å²) in [7, 11) is 0. The van der Waals surface area contributed by atoms with E-state index in [9.17, 15) is 0 Å². The first-order chi connectivity index (χ1) is 9.85. The molecule has 1 aromatic rings. The molecule has 0 spiro atoms. The maximum absolute atomic E-state index is 2.36. The van der Waals surface area contributed by atoms with Gasteiger partial charge in [-0.1, -0.05) is 49.6 Å². The third kappa shape index (κ3) is 4.34. The van der Waals surface area contributed by atoms with Gasteiger partial charge in [-0.2, -0.15) is 0 Å². The zero-order valence-electron chi connectivity index (χ0n) is 13.4. The van der Waals surface area contributed by atoms with Gasteiger partial charge in [0.25, 0.3) is 0 Å². The van der Waals surface area contributed by atoms with Crippen LogP contribution in [0, 0.1) is 5.92 Å². The minimum Gasteiger partial charge on any atom is -0.335 e. The van der Waals surface area contributed by atoms with Gasteiger partial charge in [0.1, 0.15) is 0 Å². The third-order valence-electron chi connectivity index (χ3n) is 5.26. The van der Waals surface area contributed by atoms with E-state index in [1.165, 1.54) is 58.2 Å². The molecule has 1 aliphatic carbocycles. The van der Waals surface area contributed by atoms with Crippen LogP contribution < -0.4 is 4.90 Å². The van der Waals surface area contributed by atoms with Crippen LogP contribution in [0.15, 0.2) is 30.3 Å². The Morgan fingerprint density at radius 3 is 2.25 bits per heavy atom. The molecular formula is C19H32N+. The van der Waals surface area contributed by atoms with Gasteiger partial charge < -0.3 is 4.90 Å². The van der Waals surface area contributed by atoms with Gasteiger partial charge in [0.2, 0.25) is 0 Å². The van der Waals surface area contributed by atoms with Crippen LogP contribution in [0.3, 0.4) is 0 Å². The molecule has 0 radical (unpaired) electrons. The normalized spacial score (nSPS) is 18.4. The van der Waals surface area contributed by atoms with Gasteiger partial charge in [-0.3, -0.25) is 0 Å². The Balaban J connectivity index is 2.03. The third-order valence-corrected chi connectivity index (χ3v) is 5.26. The minimum absolute atomic E-state index is 0.796. The molecule has 0 heterocycles. The lowest BCUT2D eigenvalue weighted by Crippen LogP contribution is -3.11. The lowest BCUT2D eigenvalue weighted by Gasteiger charge is -2.31. The second kappa shape index (κ2) is 8.46. The van der Waals surface area contributed by atoms with Gasteiger partial charge >= 0.3 is 0 Å². The molecule has 1 atom stereocenters. The topological polar surface area (TPSA) is 4.44 Å². The lowest BCUT2D eigenvalue weighted by atomic mass is 9.75. The van der Waals surface area contributed by atoms with Crippen LogP contribution >= 0.6 is 0 Å². The molecule has 0 aromatic heterocycles. The van der Waals surface area contributed by atoms with Crippen molar-refractivity contribution in [3.63, 3.8) is 0 Å². The summed E-state index contributed by atoms with van der Waals surface area (Å²) in [4.78, 5) is 1.75. The Hall–Kier alpha value is -0.820. The van der Waals surface area contributed by atoms with Crippen LogP contribution in [0.5, 0.6) is 0 Å². The van der Waals surface area contributed by atoms with Crippen molar-refractivity contribution in [2.24, 2.45) is 5.92 Å². The Morgan fingerprint density at radius 1 is 1.00 bits per heavy atom. The van der Waals surface area contributed by atoms with Gasteiger partial charge in [0.05, 0.1) is 19.6 Å². The fourth-order valence-corrected chi connectivity index (χ4v) is 3.87. The van der Waals surface area contributed by atoms with E-state index in [0.29, 0.717) is 0 Å². The summed E-state index contributed by atoms with van der Waals surface area (Å²) < 4.78 is 0. The van der Waals surface area contributed by atoms with E-state index in [2.05, 4.69) is 44.2 Å². The second-order valence-corrected chi connectivity index (χ2v) is 6.41. The molecular weight excluding hydrogens is 242 g/mol. The number of nitrogens with one attached hydrogen (secondary N) is 1. The van der Waals surface area contributed by atoms with Crippen LogP contribution in [0.25, 0.3) is 0 Å². The van der Waals surface area contributed by atoms with Crippen molar-refractivity contribution in [3.05, 3.63) is 35.9 Å². The van der Waals surface area contributed by atoms with Crippen molar-refractivity contribution < 1.29 is 4.90 Å². The van der Waals surface area contributed by atoms with Crippen molar-refractivity contribution >= 4 is 0 Å². The molecule has 112 valence electrons. The first-order valence-corrected chi connectivity index (χ1v) is 8.73. The standard InChI is InChI=1S/C19H31N/c1-3-20(4-2)16-15-19(17-11-7-5-8-12-17)18-13-9-6-10-14-18/h5,7-8,11-12,18-19H,3-4,6,9-10,13-16H2,1-2H3/p+1/t19-/m0/s1. The summed E-state index contributed by atoms with van der Waals surface area (Å²) in [5, 5.41) is 0. The maximum atomic E-state index is 2.36. The highest BCUT2D eigenvalue weighted by Gasteiger charge is 2.25. The van der Waals surface area contributed by atoms with Gasteiger partial charge in [-0.25, -0.2) is 0 Å². The van der Waals surface area contributed by atoms with Crippen molar-refractivity contribution in [1.82, 2.24) is 0 Å². The highest BCUT2D eigenvalue weighted by Crippen LogP contribution is 2.37. The molecule has 20 heavy (non-hydrogen) atoms. The van der Waals surface area contributed by atoms with Gasteiger partial charge in [0, 0.05) is 6.42 Å². The number of hydrogen-bond acceptors (Lipinski definition) is 0. The number of benzene rings is 1. The molecule has 0 saturated heterocycles. The van der Waals surface area contributed by atoms with E-state index in [-0.39, 0.29) is 0 Å². The zero-order chi connectivity index (χ0) is 14.2. The summed E-state index contributed by atoms with van der Waals surface area (Å²) in [6.45, 7) is 8.50. The number of quaternary nitrogens is 1. The zero-order valence-corrected chi connectivity index (χ0v) is 13.4. The summed E-state index contributed by atoms with van der Waals surface area (Å²) >= 11 is 0. The quantitative estimate of drug-likeness (QED) is 0.774. The van der Waals surface area contributed by atoms with Crippen LogP contribution in [0.4, 0.5) is 0 Å². The van der Waals surface area contributed by atoms with E-state index < -0.39 is 0 Å². The van der Waals surface area contributed by atoms with E-state index >= 15 is 0 Å². The van der Waals surface area contributed by atoms with Crippen molar-refractivity contribution in [2.75, 3.05) is 19.6 Å². The van der Waals surface area contributed by atoms with Crippen LogP contribution in [-0.4, -0.2) is 19.6 Å². The molecule has 1 saturated carbocycles. The summed E-state index contributed by atoms with van der Waals surface area (Å²) in [6, 6.07) is 11.3. The van der Waals surface area contributed by atoms with Gasteiger partial charge in [0.15, 0.2) is 0 Å². The van der Waals surface area contributed by atoms with E-state index in [1.807, 2.05) is 0 Å². The molecule has 1 aromatic carbocycles. The molecule has 1 N–H and O–H groups in total. The molecule has 1 heteroatoms. The average molecular weight is 274 g/mol. The van der Waals surface area contributed by atoms with E-state index in [4.69, 9.17) is 0 Å². The molecule has 0 unspecified atom stereocenters. The smallest absolute Gasteiger partial charge is 0.0776 e. The largest absolute Gasteiger partial charge is 0.335 e. The molecule has 0 amide bonds. The van der Waals surface area contributed by atoms with E-state index in [0.717, 1.165) is 11.8 Å². The Labute approximate surface area is 125 Å². The predicted octanol–water partition coefficient (Wildman–Crippen LogP) is 3.67. The molecule has 0 bridgehead atoms. The number of hydrogen-bond donors (Lipinski definition) is 1. The molecule has 0 aliphatic heterocycles. The molecule has 1 nitrogen and oxygen atoms in total. The number of rotatable bonds is 7. The predicted molar refractivity (Wildman–Crippen MR) is 87.3 cm³/mol. The fraction of sp³-hybridized carbons (Fsp3) is 0.684. The Kier molecular flexibility index (Phi) is 6.59. The Morgan fingerprint density at radius 2 is 1.65 bits per heavy atom. The monoisotopic (exact) mass is 274 g/mol. The molecule has 2 rings (SSSR count). The highest BCUT2D eigenvalue weighted by atomic mass is 15.1. The summed E-state index contributed by atoms with van der Waals surface area (Å²) in [6.07, 6.45) is 8.63. The molecule has 1 aliphatic rings. The fourth-order valence-electron chi connectivity index (χ4n) is 3.87. The lowest BCUT2D eigenvalue weighted by molar-refractivity contribution is -0.896. The van der Waals surface area contributed by atoms with Crippen LogP contribution in [0.1, 0.15) is 63.9 Å². The van der Waals surface area contributed by atoms with Gasteiger partial charge in [-0.15, -0.1) is 0 Å². The highest BCUT2D eigenvalue weighted by molar-refractivity contribution is 5.20. The van der Waals surface area contributed by atoms with Crippen molar-refractivity contribution in [3.8, 4) is 0 Å². The van der Waals surface area contributed by atoms with Crippen molar-refractivity contribution in [2.45, 2.75) is 58.3 Å². The van der Waals surface area contributed by atoms with Crippen molar-refractivity contribution in [1.29, 1.82) is 0 Å². The Bertz CT molecular complexity index is 349. The second-order valence-electron chi connectivity index (χ2n) is 6.41. The first-order valence-electron chi connectivity index (χ1n) is 8.73. The van der Waals surface area contributed by atoms with Crippen LogP contribution in [-0.2, 0) is 0 Å². The average Bonchev–Trinajstić information content (AvgIpc) is 2.53. The summed E-state index contributed by atoms with van der Waals surface area (Å²) in [5.74, 6) is 1.73. The summed E-state index contributed by atoms with van der Waals surface area (Å²) in [5.41, 5.74) is 1.59. The minimum atomic E-state index is 0.796. The first kappa shape index (κ1) is 15.6. The van der Waals surface area contributed by atoms with E-state index in [1.54, 1.807) is 10.5 Å². The van der Waals surface area contributed by atoms with Gasteiger partial charge in [-0.05, 0) is 44.1 Å². The van der Waals surface area contributed by atoms with Crippen LogP contribution in [0.2, 0.25) is 0 Å². The molecule has 1 fully saturated rings. The maximum Gasteiger partial charge on any atom is 0.0776 e.